The second-order valence-corrected chi connectivity index (χ2v) is 6.37. The Hall–Kier alpha value is -2.34. The first kappa shape index (κ1) is 16.5. The normalized spacial score (nSPS) is 16.9. The van der Waals surface area contributed by atoms with Gasteiger partial charge in [0.1, 0.15) is 0 Å². The van der Waals surface area contributed by atoms with Gasteiger partial charge in [-0.05, 0) is 17.5 Å². The average molecular weight is 344 g/mol. The molecule has 5 nitrogen and oxygen atoms in total. The zero-order valence-corrected chi connectivity index (χ0v) is 14.8. The number of benzene rings is 1. The Labute approximate surface area is 145 Å². The van der Waals surface area contributed by atoms with Crippen molar-refractivity contribution in [3.63, 3.8) is 0 Å². The summed E-state index contributed by atoms with van der Waals surface area (Å²) in [5, 5.41) is 8.21. The molecule has 2 aromatic rings. The monoisotopic (exact) mass is 344 g/mol. The van der Waals surface area contributed by atoms with Gasteiger partial charge in [0.05, 0.1) is 30.9 Å². The number of para-hydroxylation sites is 1. The number of hydrazone groups is 1. The fourth-order valence-electron chi connectivity index (χ4n) is 2.91. The van der Waals surface area contributed by atoms with E-state index in [4.69, 9.17) is 9.47 Å². The molecule has 126 valence electrons. The van der Waals surface area contributed by atoms with Gasteiger partial charge in [-0.1, -0.05) is 25.1 Å². The molecule has 0 N–H and O–H groups in total. The Balaban J connectivity index is 2.02. The van der Waals surface area contributed by atoms with E-state index in [-0.39, 0.29) is 11.9 Å². The predicted molar refractivity (Wildman–Crippen MR) is 94.9 cm³/mol. The van der Waals surface area contributed by atoms with Crippen molar-refractivity contribution in [1.82, 2.24) is 5.01 Å². The van der Waals surface area contributed by atoms with Gasteiger partial charge in [0.15, 0.2) is 11.5 Å². The average Bonchev–Trinajstić information content (AvgIpc) is 3.29. The minimum absolute atomic E-state index is 0.00331. The standard InChI is InChI=1S/C18H20N2O3S/c1-4-17(21)20-14(11-13(19-20)16-9-6-10-24-16)12-7-5-8-15(22-2)18(12)23-3/h5-10,14H,4,11H2,1-3H3/t14-/m1/s1. The summed E-state index contributed by atoms with van der Waals surface area (Å²) in [7, 11) is 3.22. The fourth-order valence-corrected chi connectivity index (χ4v) is 3.63. The smallest absolute Gasteiger partial charge is 0.242 e. The lowest BCUT2D eigenvalue weighted by molar-refractivity contribution is -0.132. The number of hydrogen-bond acceptors (Lipinski definition) is 5. The maximum absolute atomic E-state index is 12.4. The highest BCUT2D eigenvalue weighted by Crippen LogP contribution is 2.42. The molecular weight excluding hydrogens is 324 g/mol. The van der Waals surface area contributed by atoms with Gasteiger partial charge in [0.2, 0.25) is 5.91 Å². The van der Waals surface area contributed by atoms with Crippen molar-refractivity contribution >= 4 is 23.0 Å². The van der Waals surface area contributed by atoms with Crippen molar-refractivity contribution in [3.05, 3.63) is 46.2 Å². The summed E-state index contributed by atoms with van der Waals surface area (Å²) in [6, 6.07) is 9.57. The quantitative estimate of drug-likeness (QED) is 0.828. The van der Waals surface area contributed by atoms with Gasteiger partial charge in [-0.2, -0.15) is 5.10 Å². The summed E-state index contributed by atoms with van der Waals surface area (Å²) in [4.78, 5) is 13.5. The molecule has 0 bridgehead atoms. The lowest BCUT2D eigenvalue weighted by Gasteiger charge is -2.24. The van der Waals surface area contributed by atoms with Crippen LogP contribution in [0.4, 0.5) is 0 Å². The van der Waals surface area contributed by atoms with Crippen LogP contribution in [0.5, 0.6) is 11.5 Å². The number of methoxy groups -OCH3 is 2. The topological polar surface area (TPSA) is 51.1 Å². The Morgan fingerprint density at radius 2 is 2.12 bits per heavy atom. The van der Waals surface area contributed by atoms with E-state index in [1.165, 1.54) is 0 Å². The maximum atomic E-state index is 12.4. The number of ether oxygens (including phenoxy) is 2. The molecule has 0 saturated carbocycles. The Morgan fingerprint density at radius 3 is 2.75 bits per heavy atom. The van der Waals surface area contributed by atoms with Crippen LogP contribution >= 0.6 is 11.3 Å². The number of carbonyl (C=O) groups is 1. The highest BCUT2D eigenvalue weighted by Gasteiger charge is 2.35. The number of nitrogens with zero attached hydrogens (tertiary/aromatic N) is 2. The number of carbonyl (C=O) groups excluding carboxylic acids is 1. The molecular formula is C18H20N2O3S. The number of amides is 1. The van der Waals surface area contributed by atoms with Gasteiger partial charge in [-0.15, -0.1) is 11.3 Å². The molecule has 0 unspecified atom stereocenters. The molecule has 6 heteroatoms. The van der Waals surface area contributed by atoms with E-state index in [2.05, 4.69) is 5.10 Å². The van der Waals surface area contributed by atoms with Crippen LogP contribution < -0.4 is 9.47 Å². The second kappa shape index (κ2) is 7.05. The first-order valence-corrected chi connectivity index (χ1v) is 8.71. The van der Waals surface area contributed by atoms with Crippen LogP contribution in [0, 0.1) is 0 Å². The predicted octanol–water partition coefficient (Wildman–Crippen LogP) is 3.85. The van der Waals surface area contributed by atoms with Gasteiger partial charge < -0.3 is 9.47 Å². The lowest BCUT2D eigenvalue weighted by atomic mass is 9.99. The zero-order chi connectivity index (χ0) is 17.1. The van der Waals surface area contributed by atoms with Crippen molar-refractivity contribution in [1.29, 1.82) is 0 Å². The molecule has 0 saturated heterocycles. The summed E-state index contributed by atoms with van der Waals surface area (Å²) < 4.78 is 10.9. The molecule has 1 amide bonds. The summed E-state index contributed by atoms with van der Waals surface area (Å²) >= 11 is 1.63. The van der Waals surface area contributed by atoms with E-state index >= 15 is 0 Å². The van der Waals surface area contributed by atoms with Gasteiger partial charge in [-0.25, -0.2) is 5.01 Å². The summed E-state index contributed by atoms with van der Waals surface area (Å²) in [5.74, 6) is 1.31. The molecule has 3 rings (SSSR count). The van der Waals surface area contributed by atoms with E-state index < -0.39 is 0 Å². The van der Waals surface area contributed by atoms with Crippen molar-refractivity contribution in [2.75, 3.05) is 14.2 Å². The fraction of sp³-hybridized carbons (Fsp3) is 0.333. The molecule has 2 heterocycles. The van der Waals surface area contributed by atoms with Gasteiger partial charge in [-0.3, -0.25) is 4.79 Å². The molecule has 1 aromatic carbocycles. The first-order chi connectivity index (χ1) is 11.7. The van der Waals surface area contributed by atoms with Crippen molar-refractivity contribution < 1.29 is 14.3 Å². The van der Waals surface area contributed by atoms with E-state index in [0.29, 0.717) is 24.3 Å². The molecule has 0 radical (unpaired) electrons. The van der Waals surface area contributed by atoms with Crippen molar-refractivity contribution in [2.45, 2.75) is 25.8 Å². The first-order valence-electron chi connectivity index (χ1n) is 7.83. The Bertz CT molecular complexity index is 756. The Kier molecular flexibility index (Phi) is 4.85. The lowest BCUT2D eigenvalue weighted by Crippen LogP contribution is -2.26. The van der Waals surface area contributed by atoms with Crippen molar-refractivity contribution in [3.8, 4) is 11.5 Å². The van der Waals surface area contributed by atoms with Crippen LogP contribution in [0.2, 0.25) is 0 Å². The van der Waals surface area contributed by atoms with Crippen LogP contribution in [0.15, 0.2) is 40.8 Å². The molecule has 0 spiro atoms. The molecule has 1 aromatic heterocycles. The summed E-state index contributed by atoms with van der Waals surface area (Å²) in [6.45, 7) is 1.85. The maximum Gasteiger partial charge on any atom is 0.242 e. The number of hydrogen-bond donors (Lipinski definition) is 0. The SMILES string of the molecule is CCC(=O)N1N=C(c2cccs2)C[C@@H]1c1cccc(OC)c1OC. The van der Waals surface area contributed by atoms with Gasteiger partial charge >= 0.3 is 0 Å². The highest BCUT2D eigenvalue weighted by atomic mass is 32.1. The van der Waals surface area contributed by atoms with Gasteiger partial charge in [0, 0.05) is 18.4 Å². The molecule has 1 aliphatic rings. The number of rotatable bonds is 5. The third-order valence-corrected chi connectivity index (χ3v) is 4.99. The summed E-state index contributed by atoms with van der Waals surface area (Å²) in [6.07, 6.45) is 1.07. The second-order valence-electron chi connectivity index (χ2n) is 5.42. The third-order valence-electron chi connectivity index (χ3n) is 4.07. The van der Waals surface area contributed by atoms with E-state index in [0.717, 1.165) is 16.2 Å². The van der Waals surface area contributed by atoms with E-state index in [9.17, 15) is 4.79 Å². The zero-order valence-electron chi connectivity index (χ0n) is 14.0. The van der Waals surface area contributed by atoms with Crippen molar-refractivity contribution in [2.24, 2.45) is 5.10 Å². The van der Waals surface area contributed by atoms with Crippen LogP contribution in [-0.2, 0) is 4.79 Å². The van der Waals surface area contributed by atoms with E-state index in [1.54, 1.807) is 30.6 Å². The minimum Gasteiger partial charge on any atom is -0.493 e. The Morgan fingerprint density at radius 1 is 1.29 bits per heavy atom. The van der Waals surface area contributed by atoms with E-state index in [1.807, 2.05) is 42.6 Å². The van der Waals surface area contributed by atoms with Crippen LogP contribution in [0.3, 0.4) is 0 Å². The highest BCUT2D eigenvalue weighted by molar-refractivity contribution is 7.12. The molecule has 0 fully saturated rings. The van der Waals surface area contributed by atoms with Crippen LogP contribution in [0.25, 0.3) is 0 Å². The number of thiophene rings is 1. The largest absolute Gasteiger partial charge is 0.493 e. The summed E-state index contributed by atoms with van der Waals surface area (Å²) in [5.41, 5.74) is 1.84. The van der Waals surface area contributed by atoms with Crippen LogP contribution in [-0.4, -0.2) is 30.8 Å². The molecule has 1 aliphatic heterocycles. The minimum atomic E-state index is -0.181. The molecule has 24 heavy (non-hydrogen) atoms. The molecule has 0 aliphatic carbocycles. The third kappa shape index (κ3) is 2.89. The molecule has 1 atom stereocenters. The van der Waals surface area contributed by atoms with Crippen LogP contribution in [0.1, 0.15) is 36.2 Å². The van der Waals surface area contributed by atoms with Gasteiger partial charge in [0.25, 0.3) is 0 Å².